The molecule has 0 heterocycles. The third kappa shape index (κ3) is 2.12. The van der Waals surface area contributed by atoms with Crippen LogP contribution in [0.1, 0.15) is 31.8 Å². The zero-order valence-electron chi connectivity index (χ0n) is 8.02. The second kappa shape index (κ2) is 4.35. The van der Waals surface area contributed by atoms with Gasteiger partial charge in [-0.1, -0.05) is 6.07 Å². The standard InChI is InChI=1S/C10H10O4S/c1-5-2-3-6(9(11)12)7(4-15)8(5)10(13)14/h2-3,15H,4H2,1H3,(H,11,12)(H,13,14). The Morgan fingerprint density at radius 1 is 1.27 bits per heavy atom. The Balaban J connectivity index is 3.54. The normalized spacial score (nSPS) is 10.0. The van der Waals surface area contributed by atoms with Crippen molar-refractivity contribution in [3.63, 3.8) is 0 Å². The Bertz CT molecular complexity index is 426. The number of thiol groups is 1. The number of benzene rings is 1. The van der Waals surface area contributed by atoms with E-state index in [0.29, 0.717) is 5.56 Å². The second-order valence-corrected chi connectivity index (χ2v) is 3.37. The fourth-order valence-electron chi connectivity index (χ4n) is 1.43. The number of hydrogen-bond donors (Lipinski definition) is 3. The van der Waals surface area contributed by atoms with E-state index in [1.54, 1.807) is 6.92 Å². The van der Waals surface area contributed by atoms with E-state index in [1.165, 1.54) is 12.1 Å². The molecule has 0 atom stereocenters. The van der Waals surface area contributed by atoms with Crippen LogP contribution >= 0.6 is 12.6 Å². The van der Waals surface area contributed by atoms with Crippen molar-refractivity contribution in [1.29, 1.82) is 0 Å². The molecule has 0 saturated carbocycles. The highest BCUT2D eigenvalue weighted by atomic mass is 32.1. The van der Waals surface area contributed by atoms with Crippen molar-refractivity contribution in [2.45, 2.75) is 12.7 Å². The number of hydrogen-bond acceptors (Lipinski definition) is 3. The van der Waals surface area contributed by atoms with Crippen molar-refractivity contribution >= 4 is 24.6 Å². The Hall–Kier alpha value is -1.49. The highest BCUT2D eigenvalue weighted by Crippen LogP contribution is 2.21. The summed E-state index contributed by atoms with van der Waals surface area (Å²) in [5.74, 6) is -2.17. The molecule has 0 radical (unpaired) electrons. The zero-order chi connectivity index (χ0) is 11.6. The molecule has 0 aliphatic carbocycles. The van der Waals surface area contributed by atoms with Gasteiger partial charge in [0.05, 0.1) is 11.1 Å². The Labute approximate surface area is 92.0 Å². The molecular weight excluding hydrogens is 216 g/mol. The van der Waals surface area contributed by atoms with E-state index < -0.39 is 11.9 Å². The van der Waals surface area contributed by atoms with Crippen LogP contribution in [-0.4, -0.2) is 22.2 Å². The quantitative estimate of drug-likeness (QED) is 0.687. The van der Waals surface area contributed by atoms with Crippen molar-refractivity contribution in [1.82, 2.24) is 0 Å². The molecule has 0 aromatic heterocycles. The molecule has 0 spiro atoms. The highest BCUT2D eigenvalue weighted by molar-refractivity contribution is 7.79. The van der Waals surface area contributed by atoms with Gasteiger partial charge in [-0.3, -0.25) is 0 Å². The summed E-state index contributed by atoms with van der Waals surface area (Å²) in [7, 11) is 0. The first kappa shape index (κ1) is 11.6. The minimum Gasteiger partial charge on any atom is -0.478 e. The van der Waals surface area contributed by atoms with Gasteiger partial charge in [0, 0.05) is 5.75 Å². The van der Waals surface area contributed by atoms with Crippen LogP contribution in [0.3, 0.4) is 0 Å². The SMILES string of the molecule is Cc1ccc(C(=O)O)c(CS)c1C(=O)O. The molecule has 0 saturated heterocycles. The van der Waals surface area contributed by atoms with Gasteiger partial charge in [0.1, 0.15) is 0 Å². The van der Waals surface area contributed by atoms with Crippen LogP contribution in [0.15, 0.2) is 12.1 Å². The van der Waals surface area contributed by atoms with E-state index in [0.717, 1.165) is 0 Å². The van der Waals surface area contributed by atoms with Gasteiger partial charge in [-0.15, -0.1) is 0 Å². The summed E-state index contributed by atoms with van der Waals surface area (Å²) in [5.41, 5.74) is 0.813. The van der Waals surface area contributed by atoms with E-state index in [1.807, 2.05) is 0 Å². The van der Waals surface area contributed by atoms with Crippen LogP contribution in [0.2, 0.25) is 0 Å². The summed E-state index contributed by atoms with van der Waals surface area (Å²) < 4.78 is 0. The van der Waals surface area contributed by atoms with Crippen LogP contribution in [-0.2, 0) is 5.75 Å². The highest BCUT2D eigenvalue weighted by Gasteiger charge is 2.19. The predicted octanol–water partition coefficient (Wildman–Crippen LogP) is 1.82. The maximum absolute atomic E-state index is 10.9. The summed E-state index contributed by atoms with van der Waals surface area (Å²) in [5, 5.41) is 17.8. The van der Waals surface area contributed by atoms with Crippen LogP contribution in [0.25, 0.3) is 0 Å². The fraction of sp³-hybridized carbons (Fsp3) is 0.200. The molecule has 0 aliphatic rings. The third-order valence-electron chi connectivity index (χ3n) is 2.12. The topological polar surface area (TPSA) is 74.6 Å². The maximum atomic E-state index is 10.9. The Morgan fingerprint density at radius 3 is 2.27 bits per heavy atom. The van der Waals surface area contributed by atoms with Crippen molar-refractivity contribution in [3.05, 3.63) is 34.4 Å². The fourth-order valence-corrected chi connectivity index (χ4v) is 1.76. The summed E-state index contributed by atoms with van der Waals surface area (Å²) in [6.07, 6.45) is 0. The summed E-state index contributed by atoms with van der Waals surface area (Å²) >= 11 is 3.96. The average Bonchev–Trinajstić information content (AvgIpc) is 2.15. The van der Waals surface area contributed by atoms with E-state index >= 15 is 0 Å². The molecule has 5 heteroatoms. The Kier molecular flexibility index (Phi) is 3.36. The summed E-state index contributed by atoms with van der Waals surface area (Å²) in [4.78, 5) is 21.8. The molecule has 1 aromatic rings. The molecular formula is C10H10O4S. The molecule has 1 rings (SSSR count). The Morgan fingerprint density at radius 2 is 1.87 bits per heavy atom. The van der Waals surface area contributed by atoms with Gasteiger partial charge in [0.2, 0.25) is 0 Å². The van der Waals surface area contributed by atoms with Crippen molar-refractivity contribution in [2.75, 3.05) is 0 Å². The van der Waals surface area contributed by atoms with Gasteiger partial charge >= 0.3 is 11.9 Å². The van der Waals surface area contributed by atoms with Gasteiger partial charge in [-0.05, 0) is 24.1 Å². The number of carboxylic acids is 2. The third-order valence-corrected chi connectivity index (χ3v) is 2.44. The average molecular weight is 226 g/mol. The van der Waals surface area contributed by atoms with E-state index in [9.17, 15) is 9.59 Å². The first-order chi connectivity index (χ1) is 6.99. The van der Waals surface area contributed by atoms with E-state index in [2.05, 4.69) is 12.6 Å². The lowest BCUT2D eigenvalue weighted by Gasteiger charge is -2.09. The molecule has 80 valence electrons. The predicted molar refractivity (Wildman–Crippen MR) is 57.8 cm³/mol. The zero-order valence-corrected chi connectivity index (χ0v) is 8.91. The molecule has 1 aromatic carbocycles. The summed E-state index contributed by atoms with van der Waals surface area (Å²) in [6, 6.07) is 2.88. The van der Waals surface area contributed by atoms with Gasteiger partial charge in [0.25, 0.3) is 0 Å². The molecule has 0 amide bonds. The van der Waals surface area contributed by atoms with Gasteiger partial charge in [-0.2, -0.15) is 12.6 Å². The minimum atomic E-state index is -1.14. The molecule has 15 heavy (non-hydrogen) atoms. The van der Waals surface area contributed by atoms with Crippen LogP contribution in [0, 0.1) is 6.92 Å². The summed E-state index contributed by atoms with van der Waals surface area (Å²) in [6.45, 7) is 1.63. The number of carbonyl (C=O) groups is 2. The molecule has 0 aliphatic heterocycles. The number of rotatable bonds is 3. The molecule has 2 N–H and O–H groups in total. The monoisotopic (exact) mass is 226 g/mol. The lowest BCUT2D eigenvalue weighted by atomic mass is 9.97. The maximum Gasteiger partial charge on any atom is 0.336 e. The van der Waals surface area contributed by atoms with Crippen molar-refractivity contribution < 1.29 is 19.8 Å². The second-order valence-electron chi connectivity index (χ2n) is 3.05. The lowest BCUT2D eigenvalue weighted by Crippen LogP contribution is -2.10. The van der Waals surface area contributed by atoms with Gasteiger partial charge in [0.15, 0.2) is 0 Å². The molecule has 0 fully saturated rings. The van der Waals surface area contributed by atoms with E-state index in [4.69, 9.17) is 10.2 Å². The molecule has 0 unspecified atom stereocenters. The minimum absolute atomic E-state index is 0.00648. The van der Waals surface area contributed by atoms with E-state index in [-0.39, 0.29) is 22.4 Å². The lowest BCUT2D eigenvalue weighted by molar-refractivity contribution is 0.0695. The molecule has 0 bridgehead atoms. The van der Waals surface area contributed by atoms with Gasteiger partial charge in [-0.25, -0.2) is 9.59 Å². The van der Waals surface area contributed by atoms with Crippen molar-refractivity contribution in [3.8, 4) is 0 Å². The van der Waals surface area contributed by atoms with Crippen LogP contribution in [0.4, 0.5) is 0 Å². The smallest absolute Gasteiger partial charge is 0.336 e. The number of carboxylic acid groups (broad SMARTS) is 2. The number of aryl methyl sites for hydroxylation is 1. The van der Waals surface area contributed by atoms with Crippen LogP contribution in [0.5, 0.6) is 0 Å². The number of aromatic carboxylic acids is 2. The van der Waals surface area contributed by atoms with Gasteiger partial charge < -0.3 is 10.2 Å². The van der Waals surface area contributed by atoms with Crippen LogP contribution < -0.4 is 0 Å². The first-order valence-corrected chi connectivity index (χ1v) is 4.82. The van der Waals surface area contributed by atoms with Crippen molar-refractivity contribution in [2.24, 2.45) is 0 Å². The first-order valence-electron chi connectivity index (χ1n) is 4.19. The largest absolute Gasteiger partial charge is 0.478 e. The molecule has 4 nitrogen and oxygen atoms in total.